The number of rotatable bonds is 3. The highest BCUT2D eigenvalue weighted by atomic mass is 14.9. The highest BCUT2D eigenvalue weighted by molar-refractivity contribution is 5.44. The fourth-order valence-corrected chi connectivity index (χ4v) is 2.98. The molecule has 1 heteroatoms. The van der Waals surface area contributed by atoms with Crippen LogP contribution in [0.25, 0.3) is 0 Å². The topological polar surface area (TPSA) is 12.0 Å². The number of anilines is 1. The maximum absolute atomic E-state index is 3.69. The largest absolute Gasteiger partial charge is 0.382 e. The normalized spacial score (nSPS) is 22.9. The SMILES string of the molecule is c1ccc(NC2CCCC2c2ccccc2)cc1. The van der Waals surface area contributed by atoms with E-state index < -0.39 is 0 Å². The fraction of sp³-hybridized carbons (Fsp3) is 0.294. The Morgan fingerprint density at radius 2 is 1.44 bits per heavy atom. The van der Waals surface area contributed by atoms with Gasteiger partial charge in [0.2, 0.25) is 0 Å². The molecule has 0 spiro atoms. The smallest absolute Gasteiger partial charge is 0.0342 e. The van der Waals surface area contributed by atoms with Crippen molar-refractivity contribution in [3.8, 4) is 0 Å². The van der Waals surface area contributed by atoms with E-state index in [1.165, 1.54) is 30.5 Å². The Morgan fingerprint density at radius 1 is 0.778 bits per heavy atom. The Balaban J connectivity index is 1.76. The molecule has 3 rings (SSSR count). The molecule has 92 valence electrons. The first-order valence-electron chi connectivity index (χ1n) is 6.80. The highest BCUT2D eigenvalue weighted by Gasteiger charge is 2.28. The fourth-order valence-electron chi connectivity index (χ4n) is 2.98. The second-order valence-electron chi connectivity index (χ2n) is 5.06. The van der Waals surface area contributed by atoms with Gasteiger partial charge in [-0.3, -0.25) is 0 Å². The van der Waals surface area contributed by atoms with Crippen LogP contribution in [0, 0.1) is 0 Å². The Kier molecular flexibility index (Phi) is 3.31. The summed E-state index contributed by atoms with van der Waals surface area (Å²) in [5.74, 6) is 0.659. The molecule has 1 nitrogen and oxygen atoms in total. The molecular formula is C17H19N. The second kappa shape index (κ2) is 5.26. The van der Waals surface area contributed by atoms with Gasteiger partial charge in [0.25, 0.3) is 0 Å². The van der Waals surface area contributed by atoms with Crippen LogP contribution >= 0.6 is 0 Å². The van der Waals surface area contributed by atoms with Crippen LogP contribution in [-0.4, -0.2) is 6.04 Å². The molecule has 0 aliphatic heterocycles. The predicted octanol–water partition coefficient (Wildman–Crippen LogP) is 4.43. The number of nitrogens with one attached hydrogen (secondary N) is 1. The van der Waals surface area contributed by atoms with E-state index in [9.17, 15) is 0 Å². The summed E-state index contributed by atoms with van der Waals surface area (Å²) in [6.07, 6.45) is 3.90. The number of para-hydroxylation sites is 1. The lowest BCUT2D eigenvalue weighted by Crippen LogP contribution is -2.22. The molecule has 0 aromatic heterocycles. The molecule has 2 aromatic carbocycles. The monoisotopic (exact) mass is 237 g/mol. The van der Waals surface area contributed by atoms with Crippen LogP contribution in [0.1, 0.15) is 30.7 Å². The third-order valence-corrected chi connectivity index (χ3v) is 3.87. The third-order valence-electron chi connectivity index (χ3n) is 3.87. The van der Waals surface area contributed by atoms with Crippen molar-refractivity contribution < 1.29 is 0 Å². The molecule has 1 fully saturated rings. The summed E-state index contributed by atoms with van der Waals surface area (Å²) in [7, 11) is 0. The summed E-state index contributed by atoms with van der Waals surface area (Å²) in [6, 6.07) is 22.0. The summed E-state index contributed by atoms with van der Waals surface area (Å²) in [5, 5.41) is 3.69. The summed E-state index contributed by atoms with van der Waals surface area (Å²) in [6.45, 7) is 0. The van der Waals surface area contributed by atoms with Crippen molar-refractivity contribution >= 4 is 5.69 Å². The molecule has 0 heterocycles. The molecule has 2 unspecified atom stereocenters. The number of hydrogen-bond donors (Lipinski definition) is 1. The van der Waals surface area contributed by atoms with Crippen molar-refractivity contribution in [2.45, 2.75) is 31.2 Å². The van der Waals surface area contributed by atoms with Gasteiger partial charge >= 0.3 is 0 Å². The first-order valence-corrected chi connectivity index (χ1v) is 6.80. The van der Waals surface area contributed by atoms with Crippen LogP contribution in [0.3, 0.4) is 0 Å². The molecule has 18 heavy (non-hydrogen) atoms. The van der Waals surface area contributed by atoms with Crippen LogP contribution in [-0.2, 0) is 0 Å². The van der Waals surface area contributed by atoms with Gasteiger partial charge in [-0.05, 0) is 30.5 Å². The van der Waals surface area contributed by atoms with Crippen LogP contribution in [0.15, 0.2) is 60.7 Å². The Morgan fingerprint density at radius 3 is 2.17 bits per heavy atom. The van der Waals surface area contributed by atoms with Gasteiger partial charge in [-0.25, -0.2) is 0 Å². The van der Waals surface area contributed by atoms with Crippen molar-refractivity contribution in [3.05, 3.63) is 66.2 Å². The summed E-state index contributed by atoms with van der Waals surface area (Å²) in [5.41, 5.74) is 2.72. The Bertz CT molecular complexity index is 477. The minimum atomic E-state index is 0.579. The van der Waals surface area contributed by atoms with Gasteiger partial charge in [0.05, 0.1) is 0 Å². The zero-order chi connectivity index (χ0) is 12.2. The van der Waals surface area contributed by atoms with Gasteiger partial charge in [0.15, 0.2) is 0 Å². The minimum Gasteiger partial charge on any atom is -0.382 e. The lowest BCUT2D eigenvalue weighted by molar-refractivity contribution is 0.650. The molecule has 2 atom stereocenters. The van der Waals surface area contributed by atoms with Gasteiger partial charge in [-0.2, -0.15) is 0 Å². The van der Waals surface area contributed by atoms with Crippen LogP contribution < -0.4 is 5.32 Å². The van der Waals surface area contributed by atoms with Crippen LogP contribution in [0.2, 0.25) is 0 Å². The van der Waals surface area contributed by atoms with Crippen molar-refractivity contribution in [2.75, 3.05) is 5.32 Å². The van der Waals surface area contributed by atoms with E-state index >= 15 is 0 Å². The average Bonchev–Trinajstić information content (AvgIpc) is 2.89. The average molecular weight is 237 g/mol. The van der Waals surface area contributed by atoms with Crippen LogP contribution in [0.4, 0.5) is 5.69 Å². The molecule has 0 saturated heterocycles. The lowest BCUT2D eigenvalue weighted by atomic mass is 9.94. The summed E-state index contributed by atoms with van der Waals surface area (Å²) < 4.78 is 0. The van der Waals surface area contributed by atoms with Crippen LogP contribution in [0.5, 0.6) is 0 Å². The standard InChI is InChI=1S/C17H19N/c1-3-8-14(9-4-1)16-12-7-13-17(16)18-15-10-5-2-6-11-15/h1-6,8-11,16-18H,7,12-13H2. The molecular weight excluding hydrogens is 218 g/mol. The van der Waals surface area contributed by atoms with Gasteiger partial charge in [0, 0.05) is 17.6 Å². The van der Waals surface area contributed by atoms with E-state index in [4.69, 9.17) is 0 Å². The lowest BCUT2D eigenvalue weighted by Gasteiger charge is -2.22. The van der Waals surface area contributed by atoms with Crippen molar-refractivity contribution in [1.82, 2.24) is 0 Å². The molecule has 1 N–H and O–H groups in total. The second-order valence-corrected chi connectivity index (χ2v) is 5.06. The zero-order valence-electron chi connectivity index (χ0n) is 10.5. The van der Waals surface area contributed by atoms with E-state index in [1.807, 2.05) is 0 Å². The van der Waals surface area contributed by atoms with E-state index in [1.54, 1.807) is 0 Å². The number of benzene rings is 2. The highest BCUT2D eigenvalue weighted by Crippen LogP contribution is 2.36. The van der Waals surface area contributed by atoms with Gasteiger partial charge in [-0.1, -0.05) is 55.0 Å². The molecule has 0 bridgehead atoms. The van der Waals surface area contributed by atoms with Crippen molar-refractivity contribution in [1.29, 1.82) is 0 Å². The quantitative estimate of drug-likeness (QED) is 0.832. The molecule has 2 aromatic rings. The minimum absolute atomic E-state index is 0.579. The molecule has 1 aliphatic rings. The summed E-state index contributed by atoms with van der Waals surface area (Å²) in [4.78, 5) is 0. The van der Waals surface area contributed by atoms with Crippen molar-refractivity contribution in [2.24, 2.45) is 0 Å². The first-order chi connectivity index (χ1) is 8.93. The Hall–Kier alpha value is -1.76. The van der Waals surface area contributed by atoms with E-state index in [2.05, 4.69) is 66.0 Å². The number of hydrogen-bond acceptors (Lipinski definition) is 1. The van der Waals surface area contributed by atoms with Gasteiger partial charge in [-0.15, -0.1) is 0 Å². The van der Waals surface area contributed by atoms with E-state index in [-0.39, 0.29) is 0 Å². The van der Waals surface area contributed by atoms with E-state index in [0.717, 1.165) is 0 Å². The molecule has 0 radical (unpaired) electrons. The maximum atomic E-state index is 3.69. The zero-order valence-corrected chi connectivity index (χ0v) is 10.5. The van der Waals surface area contributed by atoms with Gasteiger partial charge < -0.3 is 5.32 Å². The molecule has 1 aliphatic carbocycles. The van der Waals surface area contributed by atoms with Gasteiger partial charge in [0.1, 0.15) is 0 Å². The first kappa shape index (κ1) is 11.3. The predicted molar refractivity (Wildman–Crippen MR) is 76.9 cm³/mol. The maximum Gasteiger partial charge on any atom is 0.0342 e. The molecule has 1 saturated carbocycles. The third kappa shape index (κ3) is 2.40. The van der Waals surface area contributed by atoms with Crippen molar-refractivity contribution in [3.63, 3.8) is 0 Å². The Labute approximate surface area is 109 Å². The van der Waals surface area contributed by atoms with E-state index in [0.29, 0.717) is 12.0 Å². The molecule has 0 amide bonds. The summed E-state index contributed by atoms with van der Waals surface area (Å²) >= 11 is 0.